The van der Waals surface area contributed by atoms with Crippen LogP contribution in [-0.2, 0) is 0 Å². The molecule has 1 atom stereocenters. The van der Waals surface area contributed by atoms with Gasteiger partial charge in [-0.3, -0.25) is 4.98 Å². The van der Waals surface area contributed by atoms with E-state index >= 15 is 0 Å². The summed E-state index contributed by atoms with van der Waals surface area (Å²) in [5, 5.41) is 3.68. The quantitative estimate of drug-likeness (QED) is 0.856. The maximum absolute atomic E-state index is 4.06. The van der Waals surface area contributed by atoms with Crippen LogP contribution >= 0.6 is 0 Å². The molecule has 94 valence electrons. The van der Waals surface area contributed by atoms with E-state index in [0.717, 1.165) is 6.54 Å². The zero-order chi connectivity index (χ0) is 12.1. The normalized spacial score (nSPS) is 21.1. The van der Waals surface area contributed by atoms with Crippen LogP contribution in [0.25, 0.3) is 0 Å². The fraction of sp³-hybridized carbons (Fsp3) is 0.667. The Morgan fingerprint density at radius 3 is 2.53 bits per heavy atom. The molecule has 2 nitrogen and oxygen atoms in total. The van der Waals surface area contributed by atoms with Crippen LogP contribution in [0.3, 0.4) is 0 Å². The van der Waals surface area contributed by atoms with Gasteiger partial charge in [0.15, 0.2) is 0 Å². The molecule has 0 saturated heterocycles. The first-order chi connectivity index (χ1) is 8.20. The van der Waals surface area contributed by atoms with Crippen LogP contribution in [0.15, 0.2) is 24.5 Å². The van der Waals surface area contributed by atoms with Crippen LogP contribution in [0, 0.1) is 5.41 Å². The van der Waals surface area contributed by atoms with Crippen LogP contribution < -0.4 is 5.32 Å². The fourth-order valence-electron chi connectivity index (χ4n) is 2.75. The first-order valence-corrected chi connectivity index (χ1v) is 6.83. The van der Waals surface area contributed by atoms with Crippen molar-refractivity contribution in [3.8, 4) is 0 Å². The number of nitrogens with one attached hydrogen (secondary N) is 1. The molecule has 1 aliphatic rings. The second-order valence-corrected chi connectivity index (χ2v) is 5.75. The summed E-state index contributed by atoms with van der Waals surface area (Å²) >= 11 is 0. The zero-order valence-electron chi connectivity index (χ0n) is 11.1. The topological polar surface area (TPSA) is 24.9 Å². The van der Waals surface area contributed by atoms with Crippen molar-refractivity contribution in [3.63, 3.8) is 0 Å². The minimum atomic E-state index is 0.428. The number of nitrogens with zero attached hydrogens (tertiary/aromatic N) is 1. The van der Waals surface area contributed by atoms with Gasteiger partial charge in [0.05, 0.1) is 0 Å². The van der Waals surface area contributed by atoms with Crippen LogP contribution in [0.2, 0.25) is 0 Å². The maximum atomic E-state index is 4.06. The largest absolute Gasteiger partial charge is 0.310 e. The van der Waals surface area contributed by atoms with Crippen molar-refractivity contribution in [3.05, 3.63) is 30.1 Å². The molecule has 0 radical (unpaired) electrons. The molecule has 0 bridgehead atoms. The maximum Gasteiger partial charge on any atom is 0.0293 e. The van der Waals surface area contributed by atoms with Crippen LogP contribution in [0.1, 0.15) is 57.6 Å². The van der Waals surface area contributed by atoms with E-state index in [2.05, 4.69) is 36.3 Å². The molecule has 0 amide bonds. The van der Waals surface area contributed by atoms with E-state index in [9.17, 15) is 0 Å². The monoisotopic (exact) mass is 232 g/mol. The number of hydrogen-bond acceptors (Lipinski definition) is 2. The molecule has 1 aromatic rings. The lowest BCUT2D eigenvalue weighted by Crippen LogP contribution is -2.34. The zero-order valence-corrected chi connectivity index (χ0v) is 11.1. The Morgan fingerprint density at radius 2 is 1.88 bits per heavy atom. The predicted molar refractivity (Wildman–Crippen MR) is 71.8 cm³/mol. The summed E-state index contributed by atoms with van der Waals surface area (Å²) in [4.78, 5) is 4.06. The third kappa shape index (κ3) is 3.53. The third-order valence-electron chi connectivity index (χ3n) is 4.10. The fourth-order valence-corrected chi connectivity index (χ4v) is 2.75. The molecule has 1 fully saturated rings. The molecular formula is C15H24N2. The van der Waals surface area contributed by atoms with Gasteiger partial charge in [0.25, 0.3) is 0 Å². The summed E-state index contributed by atoms with van der Waals surface area (Å²) in [6.45, 7) is 5.80. The van der Waals surface area contributed by atoms with Gasteiger partial charge in [-0.15, -0.1) is 0 Å². The molecule has 0 aliphatic heterocycles. The summed E-state index contributed by atoms with van der Waals surface area (Å²) in [5.74, 6) is 0. The Kier molecular flexibility index (Phi) is 4.16. The van der Waals surface area contributed by atoms with Gasteiger partial charge in [0.1, 0.15) is 0 Å². The predicted octanol–water partition coefficient (Wildman–Crippen LogP) is 3.70. The van der Waals surface area contributed by atoms with Crippen LogP contribution in [0.4, 0.5) is 0 Å². The van der Waals surface area contributed by atoms with Gasteiger partial charge in [-0.2, -0.15) is 0 Å². The van der Waals surface area contributed by atoms with E-state index < -0.39 is 0 Å². The Labute approximate surface area is 105 Å². The molecule has 2 rings (SSSR count). The van der Waals surface area contributed by atoms with E-state index in [1.807, 2.05) is 12.4 Å². The average molecular weight is 232 g/mol. The van der Waals surface area contributed by atoms with Crippen molar-refractivity contribution in [2.75, 3.05) is 6.54 Å². The number of hydrogen-bond donors (Lipinski definition) is 1. The van der Waals surface area contributed by atoms with Crippen molar-refractivity contribution in [2.24, 2.45) is 5.41 Å². The highest BCUT2D eigenvalue weighted by Crippen LogP contribution is 2.35. The molecule has 0 spiro atoms. The lowest BCUT2D eigenvalue weighted by atomic mass is 9.75. The second kappa shape index (κ2) is 5.63. The Bertz CT molecular complexity index is 328. The first kappa shape index (κ1) is 12.6. The number of aromatic nitrogens is 1. The summed E-state index contributed by atoms with van der Waals surface area (Å²) in [7, 11) is 0. The Hall–Kier alpha value is -0.890. The standard InChI is InChI=1S/C15H24N2/c1-13(14-6-10-16-11-7-14)17-12-15(2)8-4-3-5-9-15/h6-7,10-11,13,17H,3-5,8-9,12H2,1-2H3. The molecule has 1 unspecified atom stereocenters. The van der Waals surface area contributed by atoms with Crippen molar-refractivity contribution < 1.29 is 0 Å². The van der Waals surface area contributed by atoms with Crippen LogP contribution in [-0.4, -0.2) is 11.5 Å². The SMILES string of the molecule is CC(NCC1(C)CCCCC1)c1ccncc1. The molecule has 1 aliphatic carbocycles. The summed E-state index contributed by atoms with van der Waals surface area (Å²) in [6, 6.07) is 4.62. The molecule has 1 N–H and O–H groups in total. The molecule has 1 aromatic heterocycles. The number of rotatable bonds is 4. The van der Waals surface area contributed by atoms with E-state index in [1.165, 1.54) is 37.7 Å². The molecule has 2 heteroatoms. The average Bonchev–Trinajstić information content (AvgIpc) is 2.38. The molecule has 17 heavy (non-hydrogen) atoms. The Balaban J connectivity index is 1.85. The van der Waals surface area contributed by atoms with Gasteiger partial charge in [0.2, 0.25) is 0 Å². The molecule has 1 saturated carbocycles. The van der Waals surface area contributed by atoms with Crippen molar-refractivity contribution in [1.82, 2.24) is 10.3 Å². The lowest BCUT2D eigenvalue weighted by molar-refractivity contribution is 0.202. The second-order valence-electron chi connectivity index (χ2n) is 5.75. The van der Waals surface area contributed by atoms with E-state index in [0.29, 0.717) is 11.5 Å². The highest BCUT2D eigenvalue weighted by molar-refractivity contribution is 5.13. The van der Waals surface area contributed by atoms with Crippen molar-refractivity contribution in [2.45, 2.75) is 52.0 Å². The first-order valence-electron chi connectivity index (χ1n) is 6.83. The van der Waals surface area contributed by atoms with Gasteiger partial charge >= 0.3 is 0 Å². The van der Waals surface area contributed by atoms with Gasteiger partial charge in [-0.1, -0.05) is 26.2 Å². The Morgan fingerprint density at radius 1 is 1.24 bits per heavy atom. The molecule has 0 aromatic carbocycles. The van der Waals surface area contributed by atoms with Gasteiger partial charge in [-0.25, -0.2) is 0 Å². The highest BCUT2D eigenvalue weighted by atomic mass is 14.9. The minimum absolute atomic E-state index is 0.428. The van der Waals surface area contributed by atoms with Gasteiger partial charge in [-0.05, 0) is 42.9 Å². The minimum Gasteiger partial charge on any atom is -0.310 e. The van der Waals surface area contributed by atoms with Crippen molar-refractivity contribution >= 4 is 0 Å². The van der Waals surface area contributed by atoms with Crippen molar-refractivity contribution in [1.29, 1.82) is 0 Å². The molecule has 1 heterocycles. The molecular weight excluding hydrogens is 208 g/mol. The lowest BCUT2D eigenvalue weighted by Gasteiger charge is -2.35. The van der Waals surface area contributed by atoms with E-state index in [-0.39, 0.29) is 0 Å². The summed E-state index contributed by atoms with van der Waals surface area (Å²) in [6.07, 6.45) is 10.7. The van der Waals surface area contributed by atoms with Crippen LogP contribution in [0.5, 0.6) is 0 Å². The van der Waals surface area contributed by atoms with Gasteiger partial charge < -0.3 is 5.32 Å². The van der Waals surface area contributed by atoms with E-state index in [4.69, 9.17) is 0 Å². The summed E-state index contributed by atoms with van der Waals surface area (Å²) in [5.41, 5.74) is 1.85. The van der Waals surface area contributed by atoms with Gasteiger partial charge in [0, 0.05) is 25.0 Å². The number of pyridine rings is 1. The smallest absolute Gasteiger partial charge is 0.0293 e. The third-order valence-corrected chi connectivity index (χ3v) is 4.10. The highest BCUT2D eigenvalue weighted by Gasteiger charge is 2.26. The van der Waals surface area contributed by atoms with E-state index in [1.54, 1.807) is 0 Å². The summed E-state index contributed by atoms with van der Waals surface area (Å²) < 4.78 is 0.